The largest absolute Gasteiger partial charge is 1.00 e. The van der Waals surface area contributed by atoms with Gasteiger partial charge in [-0.3, -0.25) is 0 Å². The van der Waals surface area contributed by atoms with Crippen molar-refractivity contribution in [1.82, 2.24) is 0 Å². The maximum atomic E-state index is 2.22. The maximum Gasteiger partial charge on any atom is 1.00 e. The molecule has 0 amide bonds. The summed E-state index contributed by atoms with van der Waals surface area (Å²) in [6.45, 7) is 2.22. The minimum atomic E-state index is 0. The first-order valence-corrected chi connectivity index (χ1v) is 3.33. The van der Waals surface area contributed by atoms with Crippen molar-refractivity contribution < 1.29 is 20.3 Å². The molecule has 0 aromatic carbocycles. The molecule has 0 aliphatic carbocycles. The molecule has 0 heterocycles. The fourth-order valence-corrected chi connectivity index (χ4v) is 0. The second-order valence-corrected chi connectivity index (χ2v) is 2.00. The van der Waals surface area contributed by atoms with Gasteiger partial charge >= 0.3 is 18.9 Å². The second-order valence-electron chi connectivity index (χ2n) is 1.000. The Kier molecular flexibility index (Phi) is 16.9. The third-order valence-electron chi connectivity index (χ3n) is 0.500. The summed E-state index contributed by atoms with van der Waals surface area (Å²) in [6, 6.07) is 0. The summed E-state index contributed by atoms with van der Waals surface area (Å²) in [4.78, 5) is 0. The van der Waals surface area contributed by atoms with Crippen LogP contribution in [-0.2, 0) is 0 Å². The van der Waals surface area contributed by atoms with E-state index in [1.165, 1.54) is 28.0 Å². The molecule has 0 spiro atoms. The van der Waals surface area contributed by atoms with E-state index < -0.39 is 0 Å². The number of hydrogen-bond acceptors (Lipinski definition) is 0. The van der Waals surface area contributed by atoms with Crippen molar-refractivity contribution >= 4 is 16.3 Å². The number of hydrogen-bond donors (Lipinski definition) is 0. The average molecular weight is 80.0 g/mol. The second kappa shape index (κ2) is 8.93. The van der Waals surface area contributed by atoms with Crippen molar-refractivity contribution in [1.29, 1.82) is 0 Å². The zero-order valence-corrected chi connectivity index (χ0v) is 6.41. The molecule has 0 N–H and O–H groups in total. The third-order valence-corrected chi connectivity index (χ3v) is 1.50. The molecule has 0 aromatic heterocycles. The van der Waals surface area contributed by atoms with Crippen molar-refractivity contribution in [2.75, 3.05) is 0 Å². The molecule has 26 valence electrons. The van der Waals surface area contributed by atoms with Crippen molar-refractivity contribution in [3.63, 3.8) is 0 Å². The van der Waals surface area contributed by atoms with Gasteiger partial charge in [-0.25, -0.2) is 0 Å². The smallest absolute Gasteiger partial charge is 1.00 e. The summed E-state index contributed by atoms with van der Waals surface area (Å²) in [5.41, 5.74) is 0. The van der Waals surface area contributed by atoms with Gasteiger partial charge in [0.05, 0.1) is 0 Å². The first-order chi connectivity index (χ1) is 1.91. The van der Waals surface area contributed by atoms with E-state index in [-0.39, 0.29) is 20.3 Å². The van der Waals surface area contributed by atoms with Gasteiger partial charge in [0, 0.05) is 0 Å². The molecule has 0 bridgehead atoms. The van der Waals surface area contributed by atoms with Crippen molar-refractivity contribution in [3.8, 4) is 0 Å². The normalized spacial score (nSPS) is 5.80. The van der Waals surface area contributed by atoms with Crippen LogP contribution in [0.2, 0.25) is 5.28 Å². The van der Waals surface area contributed by atoms with Crippen LogP contribution in [0.5, 0.6) is 0 Å². The van der Waals surface area contributed by atoms with Crippen molar-refractivity contribution in [2.45, 2.75) is 18.6 Å². The van der Waals surface area contributed by atoms with Crippen LogP contribution in [0, 0.1) is 0 Å². The Morgan fingerprint density at radius 2 is 2.00 bits per heavy atom. The van der Waals surface area contributed by atoms with E-state index in [1.54, 1.807) is 0 Å². The van der Waals surface area contributed by atoms with Crippen molar-refractivity contribution in [2.24, 2.45) is 0 Å². The van der Waals surface area contributed by atoms with Crippen LogP contribution in [0.1, 0.15) is 14.8 Å². The SMILES string of the molecule is CC[CH2][AlH2].[H-].[Li+]. The first-order valence-electron chi connectivity index (χ1n) is 1.91. The standard InChI is InChI=1S/C3H7.Al.Li.3H/c1-3-2;;;;;/h1,3H2,2H3;;;;;/q;;+1;;;-1. The van der Waals surface area contributed by atoms with Gasteiger partial charge in [-0.1, -0.05) is 13.3 Å². The van der Waals surface area contributed by atoms with Crippen LogP contribution >= 0.6 is 0 Å². The molecule has 0 rings (SSSR count). The van der Waals surface area contributed by atoms with Gasteiger partial charge in [-0.2, -0.15) is 0 Å². The Morgan fingerprint density at radius 3 is 2.00 bits per heavy atom. The van der Waals surface area contributed by atoms with Crippen LogP contribution in [0.4, 0.5) is 0 Å². The summed E-state index contributed by atoms with van der Waals surface area (Å²) >= 11 is 1.39. The van der Waals surface area contributed by atoms with Crippen LogP contribution < -0.4 is 18.9 Å². The summed E-state index contributed by atoms with van der Waals surface area (Å²) in [5, 5.41) is 1.46. The van der Waals surface area contributed by atoms with Crippen molar-refractivity contribution in [3.05, 3.63) is 0 Å². The zero-order valence-electron chi connectivity index (χ0n) is 5.41. The van der Waals surface area contributed by atoms with Gasteiger partial charge in [-0.05, 0) is 0 Å². The van der Waals surface area contributed by atoms with E-state index in [0.717, 1.165) is 0 Å². The minimum Gasteiger partial charge on any atom is -1.00 e. The Labute approximate surface area is 55.4 Å². The van der Waals surface area contributed by atoms with E-state index >= 15 is 0 Å². The Hall–Kier alpha value is 1.13. The van der Waals surface area contributed by atoms with Crippen LogP contribution in [0.25, 0.3) is 0 Å². The van der Waals surface area contributed by atoms with Crippen LogP contribution in [0.15, 0.2) is 0 Å². The molecular weight excluding hydrogens is 70.0 g/mol. The van der Waals surface area contributed by atoms with Crippen LogP contribution in [-0.4, -0.2) is 16.3 Å². The number of rotatable bonds is 1. The monoisotopic (exact) mass is 80.1 g/mol. The van der Waals surface area contributed by atoms with E-state index in [2.05, 4.69) is 6.92 Å². The maximum absolute atomic E-state index is 2.22. The predicted octanol–water partition coefficient (Wildman–Crippen LogP) is -2.44. The molecule has 0 saturated heterocycles. The first kappa shape index (κ1) is 9.46. The fraction of sp³-hybridized carbons (Fsp3) is 1.00. The average Bonchev–Trinajstić information content (AvgIpc) is 1.37. The molecule has 0 saturated carbocycles. The molecule has 0 aliphatic heterocycles. The summed E-state index contributed by atoms with van der Waals surface area (Å²) in [5.74, 6) is 0. The Morgan fingerprint density at radius 1 is 1.80 bits per heavy atom. The van der Waals surface area contributed by atoms with Gasteiger partial charge in [0.15, 0.2) is 0 Å². The quantitative estimate of drug-likeness (QED) is 0.307. The van der Waals surface area contributed by atoms with Gasteiger partial charge in [0.25, 0.3) is 0 Å². The van der Waals surface area contributed by atoms with Gasteiger partial charge in [-0.15, -0.1) is 5.28 Å². The topological polar surface area (TPSA) is 0 Å². The van der Waals surface area contributed by atoms with E-state index in [0.29, 0.717) is 0 Å². The molecule has 0 fully saturated rings. The minimum absolute atomic E-state index is 0. The zero-order chi connectivity index (χ0) is 3.41. The molecule has 0 nitrogen and oxygen atoms in total. The van der Waals surface area contributed by atoms with E-state index in [1.807, 2.05) is 0 Å². The molecule has 0 aliphatic rings. The van der Waals surface area contributed by atoms with E-state index in [4.69, 9.17) is 0 Å². The van der Waals surface area contributed by atoms with Gasteiger partial charge in [0.1, 0.15) is 0 Å². The fourth-order valence-electron chi connectivity index (χ4n) is 0. The Bertz CT molecular complexity index is 12.8. The summed E-state index contributed by atoms with van der Waals surface area (Å²) in [7, 11) is 0. The van der Waals surface area contributed by atoms with E-state index in [9.17, 15) is 0 Å². The third kappa shape index (κ3) is 11.1. The molecule has 0 radical (unpaired) electrons. The molecule has 0 atom stereocenters. The summed E-state index contributed by atoms with van der Waals surface area (Å²) < 4.78 is 0. The van der Waals surface area contributed by atoms with Gasteiger partial charge < -0.3 is 1.43 Å². The summed E-state index contributed by atoms with van der Waals surface area (Å²) in [6.07, 6.45) is 1.38. The van der Waals surface area contributed by atoms with Gasteiger partial charge in [0.2, 0.25) is 16.3 Å². The predicted molar refractivity (Wildman–Crippen MR) is 24.8 cm³/mol. The molecular formula is C3H10AlLi. The molecule has 5 heavy (non-hydrogen) atoms. The van der Waals surface area contributed by atoms with Crippen LogP contribution in [0.3, 0.4) is 0 Å². The Balaban J connectivity index is -0.0000000450. The molecule has 2 heteroatoms. The molecule has 0 unspecified atom stereocenters. The molecule has 0 aromatic rings.